The van der Waals surface area contributed by atoms with Gasteiger partial charge in [0.15, 0.2) is 0 Å². The molecule has 168 valence electrons. The van der Waals surface area contributed by atoms with Gasteiger partial charge in [-0.1, -0.05) is 55.8 Å². The smallest absolute Gasteiger partial charge is 0.243 e. The first kappa shape index (κ1) is 23.9. The van der Waals surface area contributed by atoms with Crippen LogP contribution in [0.15, 0.2) is 77.7 Å². The van der Waals surface area contributed by atoms with Gasteiger partial charge in [0.05, 0.1) is 11.4 Å². The standard InChI is InChI=1S/C24H24ClFN2O3S/c1-17(2)18-7-11-21(12-8-18)27-24(29)16-28(15-19-5-3-4-6-23(19)26)32(30,31)22-13-9-20(25)10-14-22/h3-14,17H,15-16H2,1-2H3,(H,27,29). The zero-order valence-electron chi connectivity index (χ0n) is 17.8. The fourth-order valence-corrected chi connectivity index (χ4v) is 4.61. The summed E-state index contributed by atoms with van der Waals surface area (Å²) in [4.78, 5) is 12.7. The zero-order chi connectivity index (χ0) is 23.3. The number of benzene rings is 3. The minimum absolute atomic E-state index is 0.0349. The Labute approximate surface area is 192 Å². The molecule has 0 aliphatic rings. The SMILES string of the molecule is CC(C)c1ccc(NC(=O)CN(Cc2ccccc2F)S(=O)(=O)c2ccc(Cl)cc2)cc1. The fraction of sp³-hybridized carbons (Fsp3) is 0.208. The Morgan fingerprint density at radius 1 is 1.00 bits per heavy atom. The van der Waals surface area contributed by atoms with Gasteiger partial charge in [0.2, 0.25) is 15.9 Å². The molecule has 0 bridgehead atoms. The van der Waals surface area contributed by atoms with E-state index in [1.165, 1.54) is 42.5 Å². The van der Waals surface area contributed by atoms with Gasteiger partial charge in [0, 0.05) is 22.8 Å². The number of hydrogen-bond donors (Lipinski definition) is 1. The number of halogens is 2. The lowest BCUT2D eigenvalue weighted by Crippen LogP contribution is -2.37. The van der Waals surface area contributed by atoms with Gasteiger partial charge < -0.3 is 5.32 Å². The number of carbonyl (C=O) groups is 1. The van der Waals surface area contributed by atoms with Crippen molar-refractivity contribution in [2.75, 3.05) is 11.9 Å². The van der Waals surface area contributed by atoms with Gasteiger partial charge in [-0.25, -0.2) is 12.8 Å². The minimum atomic E-state index is -4.09. The third-order valence-corrected chi connectivity index (χ3v) is 6.99. The molecule has 0 saturated heterocycles. The molecule has 0 aromatic heterocycles. The maximum atomic E-state index is 14.2. The maximum absolute atomic E-state index is 14.2. The van der Waals surface area contributed by atoms with Crippen LogP contribution in [0.4, 0.5) is 10.1 Å². The Kier molecular flexibility index (Phi) is 7.66. The molecule has 3 aromatic rings. The first-order valence-corrected chi connectivity index (χ1v) is 11.9. The Bertz CT molecular complexity index is 1180. The molecule has 0 saturated carbocycles. The second-order valence-electron chi connectivity index (χ2n) is 7.64. The summed E-state index contributed by atoms with van der Waals surface area (Å²) in [5.74, 6) is -0.731. The highest BCUT2D eigenvalue weighted by atomic mass is 35.5. The molecule has 0 aliphatic heterocycles. The lowest BCUT2D eigenvalue weighted by atomic mass is 10.0. The monoisotopic (exact) mass is 474 g/mol. The van der Waals surface area contributed by atoms with Gasteiger partial charge in [0.1, 0.15) is 5.82 Å². The van der Waals surface area contributed by atoms with Crippen LogP contribution in [0.25, 0.3) is 0 Å². The molecule has 8 heteroatoms. The third-order valence-electron chi connectivity index (χ3n) is 4.94. The summed E-state index contributed by atoms with van der Waals surface area (Å²) < 4.78 is 41.7. The molecule has 1 amide bonds. The van der Waals surface area contributed by atoms with Gasteiger partial charge in [-0.15, -0.1) is 0 Å². The van der Waals surface area contributed by atoms with Gasteiger partial charge >= 0.3 is 0 Å². The van der Waals surface area contributed by atoms with E-state index in [2.05, 4.69) is 19.2 Å². The highest BCUT2D eigenvalue weighted by Gasteiger charge is 2.27. The van der Waals surface area contributed by atoms with Crippen molar-refractivity contribution < 1.29 is 17.6 Å². The van der Waals surface area contributed by atoms with E-state index in [-0.39, 0.29) is 17.0 Å². The van der Waals surface area contributed by atoms with Gasteiger partial charge in [-0.05, 0) is 53.9 Å². The Balaban J connectivity index is 1.85. The van der Waals surface area contributed by atoms with Gasteiger partial charge in [-0.2, -0.15) is 4.31 Å². The van der Waals surface area contributed by atoms with E-state index in [4.69, 9.17) is 11.6 Å². The average molecular weight is 475 g/mol. The second kappa shape index (κ2) is 10.3. The number of rotatable bonds is 8. The molecule has 0 heterocycles. The number of nitrogens with zero attached hydrogens (tertiary/aromatic N) is 1. The van der Waals surface area contributed by atoms with Crippen molar-refractivity contribution in [3.05, 3.63) is 94.8 Å². The van der Waals surface area contributed by atoms with Crippen molar-refractivity contribution in [3.63, 3.8) is 0 Å². The number of anilines is 1. The predicted octanol–water partition coefficient (Wildman–Crippen LogP) is 5.43. The van der Waals surface area contributed by atoms with Crippen molar-refractivity contribution in [3.8, 4) is 0 Å². The molecule has 3 rings (SSSR count). The molecule has 0 fully saturated rings. The summed E-state index contributed by atoms with van der Waals surface area (Å²) in [6.45, 7) is 3.36. The molecule has 0 atom stereocenters. The van der Waals surface area contributed by atoms with E-state index >= 15 is 0 Å². The molecule has 0 unspecified atom stereocenters. The summed E-state index contributed by atoms with van der Waals surface area (Å²) >= 11 is 5.87. The second-order valence-corrected chi connectivity index (χ2v) is 10.0. The normalized spacial score (nSPS) is 11.7. The summed E-state index contributed by atoms with van der Waals surface area (Å²) in [5, 5.41) is 3.09. The van der Waals surface area contributed by atoms with Crippen LogP contribution in [0.1, 0.15) is 30.9 Å². The van der Waals surface area contributed by atoms with Gasteiger partial charge in [0.25, 0.3) is 0 Å². The van der Waals surface area contributed by atoms with E-state index in [0.717, 1.165) is 9.87 Å². The summed E-state index contributed by atoms with van der Waals surface area (Å²) in [5.41, 5.74) is 1.84. The number of carbonyl (C=O) groups excluding carboxylic acids is 1. The van der Waals surface area contributed by atoms with Crippen LogP contribution >= 0.6 is 11.6 Å². The van der Waals surface area contributed by atoms with Gasteiger partial charge in [-0.3, -0.25) is 4.79 Å². The maximum Gasteiger partial charge on any atom is 0.243 e. The van der Waals surface area contributed by atoms with Crippen molar-refractivity contribution in [1.82, 2.24) is 4.31 Å². The highest BCUT2D eigenvalue weighted by Crippen LogP contribution is 2.22. The molecular weight excluding hydrogens is 451 g/mol. The first-order chi connectivity index (χ1) is 15.2. The van der Waals surface area contributed by atoms with Crippen LogP contribution in [0.2, 0.25) is 5.02 Å². The summed E-state index contributed by atoms with van der Waals surface area (Å²) in [6.07, 6.45) is 0. The number of amides is 1. The third kappa shape index (κ3) is 5.94. The summed E-state index contributed by atoms with van der Waals surface area (Å²) in [6, 6.07) is 18.8. The Morgan fingerprint density at radius 2 is 1.62 bits per heavy atom. The molecule has 32 heavy (non-hydrogen) atoms. The molecule has 0 spiro atoms. The highest BCUT2D eigenvalue weighted by molar-refractivity contribution is 7.89. The topological polar surface area (TPSA) is 66.5 Å². The molecule has 3 aromatic carbocycles. The van der Waals surface area contributed by atoms with E-state index < -0.39 is 28.3 Å². The van der Waals surface area contributed by atoms with Crippen molar-refractivity contribution in [1.29, 1.82) is 0 Å². The van der Waals surface area contributed by atoms with Crippen molar-refractivity contribution in [2.24, 2.45) is 0 Å². The van der Waals surface area contributed by atoms with Crippen LogP contribution in [0.3, 0.4) is 0 Å². The van der Waals surface area contributed by atoms with Crippen LogP contribution in [0.5, 0.6) is 0 Å². The van der Waals surface area contributed by atoms with Crippen molar-refractivity contribution in [2.45, 2.75) is 31.2 Å². The molecule has 0 aliphatic carbocycles. The predicted molar refractivity (Wildman–Crippen MR) is 125 cm³/mol. The van der Waals surface area contributed by atoms with E-state index in [9.17, 15) is 17.6 Å². The molecular formula is C24H24ClFN2O3S. The fourth-order valence-electron chi connectivity index (χ4n) is 3.11. The number of sulfonamides is 1. The number of hydrogen-bond acceptors (Lipinski definition) is 3. The molecule has 1 N–H and O–H groups in total. The van der Waals surface area contributed by atoms with Crippen LogP contribution in [0, 0.1) is 5.82 Å². The summed E-state index contributed by atoms with van der Waals surface area (Å²) in [7, 11) is -4.09. The molecule has 5 nitrogen and oxygen atoms in total. The first-order valence-electron chi connectivity index (χ1n) is 10.1. The minimum Gasteiger partial charge on any atom is -0.325 e. The lowest BCUT2D eigenvalue weighted by Gasteiger charge is -2.22. The average Bonchev–Trinajstić information content (AvgIpc) is 2.75. The zero-order valence-corrected chi connectivity index (χ0v) is 19.3. The van der Waals surface area contributed by atoms with E-state index in [1.54, 1.807) is 18.2 Å². The lowest BCUT2D eigenvalue weighted by molar-refractivity contribution is -0.116. The van der Waals surface area contributed by atoms with Crippen LogP contribution in [-0.2, 0) is 21.4 Å². The largest absolute Gasteiger partial charge is 0.325 e. The van der Waals surface area contributed by atoms with E-state index in [1.807, 2.05) is 12.1 Å². The quantitative estimate of drug-likeness (QED) is 0.473. The van der Waals surface area contributed by atoms with Crippen LogP contribution < -0.4 is 5.32 Å². The van der Waals surface area contributed by atoms with Crippen LogP contribution in [-0.4, -0.2) is 25.2 Å². The molecule has 0 radical (unpaired) electrons. The van der Waals surface area contributed by atoms with Crippen molar-refractivity contribution >= 4 is 33.2 Å². The van der Waals surface area contributed by atoms with E-state index in [0.29, 0.717) is 16.6 Å². The Morgan fingerprint density at radius 3 is 2.22 bits per heavy atom. The Hall–Kier alpha value is -2.74. The number of nitrogens with one attached hydrogen (secondary N) is 1.